The Morgan fingerprint density at radius 2 is 1.95 bits per heavy atom. The van der Waals surface area contributed by atoms with Gasteiger partial charge in [0.25, 0.3) is 5.19 Å². The van der Waals surface area contributed by atoms with Gasteiger partial charge in [0.2, 0.25) is 0 Å². The quantitative estimate of drug-likeness (QED) is 0.294. The van der Waals surface area contributed by atoms with Gasteiger partial charge in [-0.1, -0.05) is 36.1 Å². The lowest BCUT2D eigenvalue weighted by Gasteiger charge is -2.45. The first-order chi connectivity index (χ1) is 18.9. The Morgan fingerprint density at radius 3 is 2.74 bits per heavy atom. The van der Waals surface area contributed by atoms with Crippen molar-refractivity contribution in [1.82, 2.24) is 24.6 Å². The largest absolute Gasteiger partial charge is 0.431 e. The average molecular weight is 543 g/mol. The summed E-state index contributed by atoms with van der Waals surface area (Å²) >= 11 is 1.57. The minimum atomic E-state index is -0.0699. The number of carbonyl (C=O) groups excluding carboxylic acids is 1. The monoisotopic (exact) mass is 542 g/mol. The number of hydrogen-bond acceptors (Lipinski definition) is 7. The fourth-order valence-electron chi connectivity index (χ4n) is 5.97. The van der Waals surface area contributed by atoms with Gasteiger partial charge in [-0.15, -0.1) is 5.10 Å². The number of ether oxygens (including phenoxy) is 1. The summed E-state index contributed by atoms with van der Waals surface area (Å²) in [7, 11) is 0. The van der Waals surface area contributed by atoms with Crippen molar-refractivity contribution in [3.05, 3.63) is 78.1 Å². The molecule has 2 fully saturated rings. The van der Waals surface area contributed by atoms with Crippen molar-refractivity contribution in [2.75, 3.05) is 25.0 Å². The third-order valence-electron chi connectivity index (χ3n) is 7.80. The molecule has 2 saturated heterocycles. The van der Waals surface area contributed by atoms with Crippen molar-refractivity contribution < 1.29 is 9.53 Å². The van der Waals surface area contributed by atoms with Gasteiger partial charge in [-0.2, -0.15) is 4.68 Å². The number of anilines is 1. The second-order valence-corrected chi connectivity index (χ2v) is 11.8. The van der Waals surface area contributed by atoms with Gasteiger partial charge in [-0.25, -0.2) is 9.78 Å². The zero-order chi connectivity index (χ0) is 27.0. The number of thiazole rings is 1. The summed E-state index contributed by atoms with van der Waals surface area (Å²) in [6, 6.07) is 16.3. The molecule has 0 radical (unpaired) electrons. The Bertz CT molecular complexity index is 1480. The molecule has 39 heavy (non-hydrogen) atoms. The standard InChI is InChI=1S/C30H34N6O2S/c1-21(2)31-27-9-14-36(33-27)29(37)34-15-11-30(12-16-34)10-6-13-35(30)20-23-17-22(3)18-24(19-23)38-28-32-25-7-4-5-8-26(25)39-28/h4-5,7-9,14,17-19H,1,6,10-13,15-16,20H2,2-3H3,(H,31,33). The second-order valence-electron chi connectivity index (χ2n) is 10.8. The number of amides is 1. The van der Waals surface area contributed by atoms with E-state index in [9.17, 15) is 4.79 Å². The molecule has 0 saturated carbocycles. The zero-order valence-electron chi connectivity index (χ0n) is 22.5. The number of hydrogen-bond donors (Lipinski definition) is 1. The minimum Gasteiger partial charge on any atom is -0.431 e. The van der Waals surface area contributed by atoms with Crippen LogP contribution in [-0.4, -0.2) is 55.8 Å². The van der Waals surface area contributed by atoms with Gasteiger partial charge in [0.15, 0.2) is 5.82 Å². The highest BCUT2D eigenvalue weighted by Crippen LogP contribution is 2.40. The van der Waals surface area contributed by atoms with E-state index in [1.165, 1.54) is 28.7 Å². The summed E-state index contributed by atoms with van der Waals surface area (Å²) in [5.41, 5.74) is 4.31. The van der Waals surface area contributed by atoms with E-state index in [2.05, 4.69) is 58.1 Å². The lowest BCUT2D eigenvalue weighted by Crippen LogP contribution is -2.53. The molecule has 0 bridgehead atoms. The number of aryl methyl sites for hydroxylation is 1. The Hall–Kier alpha value is -3.69. The highest BCUT2D eigenvalue weighted by atomic mass is 32.1. The molecule has 1 N–H and O–H groups in total. The number of fused-ring (bicyclic) bond motifs is 1. The fourth-order valence-corrected chi connectivity index (χ4v) is 6.81. The molecule has 202 valence electrons. The van der Waals surface area contributed by atoms with Crippen molar-refractivity contribution in [3.63, 3.8) is 0 Å². The molecule has 2 aromatic carbocycles. The topological polar surface area (TPSA) is 75.5 Å². The summed E-state index contributed by atoms with van der Waals surface area (Å²) in [6.45, 7) is 11.2. The average Bonchev–Trinajstić information content (AvgIpc) is 3.62. The van der Waals surface area contributed by atoms with E-state index in [1.54, 1.807) is 23.6 Å². The van der Waals surface area contributed by atoms with E-state index in [1.807, 2.05) is 30.0 Å². The first-order valence-electron chi connectivity index (χ1n) is 13.5. The van der Waals surface area contributed by atoms with E-state index in [0.29, 0.717) is 11.0 Å². The number of aromatic nitrogens is 3. The molecule has 1 amide bonds. The summed E-state index contributed by atoms with van der Waals surface area (Å²) in [5, 5.41) is 8.10. The lowest BCUT2D eigenvalue weighted by molar-refractivity contribution is 0.0584. The predicted molar refractivity (Wildman–Crippen MR) is 156 cm³/mol. The van der Waals surface area contributed by atoms with Crippen molar-refractivity contribution in [1.29, 1.82) is 0 Å². The predicted octanol–water partition coefficient (Wildman–Crippen LogP) is 6.64. The molecule has 0 aliphatic carbocycles. The molecule has 4 heterocycles. The van der Waals surface area contributed by atoms with Crippen LogP contribution in [0.15, 0.2) is 67.0 Å². The molecule has 6 rings (SSSR count). The van der Waals surface area contributed by atoms with Crippen LogP contribution in [0.25, 0.3) is 10.2 Å². The third kappa shape index (κ3) is 5.42. The maximum absolute atomic E-state index is 13.1. The summed E-state index contributed by atoms with van der Waals surface area (Å²) in [5.74, 6) is 1.47. The molecular weight excluding hydrogens is 508 g/mol. The van der Waals surface area contributed by atoms with Gasteiger partial charge < -0.3 is 15.0 Å². The number of allylic oxidation sites excluding steroid dienone is 1. The van der Waals surface area contributed by atoms with Crippen LogP contribution >= 0.6 is 11.3 Å². The Kier molecular flexibility index (Phi) is 6.86. The van der Waals surface area contributed by atoms with Crippen LogP contribution in [0, 0.1) is 6.92 Å². The molecule has 0 unspecified atom stereocenters. The van der Waals surface area contributed by atoms with E-state index in [0.717, 1.165) is 60.7 Å². The van der Waals surface area contributed by atoms with Crippen molar-refractivity contribution in [2.24, 2.45) is 0 Å². The van der Waals surface area contributed by atoms with Crippen molar-refractivity contribution in [3.8, 4) is 10.9 Å². The van der Waals surface area contributed by atoms with Gasteiger partial charge >= 0.3 is 6.03 Å². The SMILES string of the molecule is C=C(C)Nc1ccn(C(=O)N2CCC3(CCCN3Cc3cc(C)cc(Oc4nc5ccccc5s4)c3)CC2)n1. The van der Waals surface area contributed by atoms with Gasteiger partial charge in [0.05, 0.1) is 10.2 Å². The highest BCUT2D eigenvalue weighted by Gasteiger charge is 2.43. The minimum absolute atomic E-state index is 0.0699. The Labute approximate surface area is 232 Å². The van der Waals surface area contributed by atoms with E-state index in [-0.39, 0.29) is 11.6 Å². The first-order valence-corrected chi connectivity index (χ1v) is 14.4. The molecule has 8 nitrogen and oxygen atoms in total. The van der Waals surface area contributed by atoms with Gasteiger partial charge in [0.1, 0.15) is 5.75 Å². The molecule has 0 atom stereocenters. The first kappa shape index (κ1) is 25.6. The maximum Gasteiger partial charge on any atom is 0.344 e. The molecular formula is C30H34N6O2S. The van der Waals surface area contributed by atoms with Crippen LogP contribution in [0.5, 0.6) is 10.9 Å². The Balaban J connectivity index is 1.11. The van der Waals surface area contributed by atoms with E-state index in [4.69, 9.17) is 4.74 Å². The number of nitrogens with zero attached hydrogens (tertiary/aromatic N) is 5. The number of nitrogens with one attached hydrogen (secondary N) is 1. The number of benzene rings is 2. The van der Waals surface area contributed by atoms with Gasteiger partial charge in [-0.3, -0.25) is 4.90 Å². The Morgan fingerprint density at radius 1 is 1.13 bits per heavy atom. The van der Waals surface area contributed by atoms with E-state index >= 15 is 0 Å². The van der Waals surface area contributed by atoms with Crippen LogP contribution in [0.3, 0.4) is 0 Å². The second kappa shape index (κ2) is 10.5. The fraction of sp³-hybridized carbons (Fsp3) is 0.367. The summed E-state index contributed by atoms with van der Waals surface area (Å²) in [6.07, 6.45) is 6.01. The van der Waals surface area contributed by atoms with Gasteiger partial charge in [-0.05, 0) is 81.5 Å². The van der Waals surface area contributed by atoms with Crippen LogP contribution in [0.1, 0.15) is 43.7 Å². The molecule has 2 aliphatic heterocycles. The normalized spacial score (nSPS) is 17.1. The molecule has 2 aromatic heterocycles. The van der Waals surface area contributed by atoms with Gasteiger partial charge in [0, 0.05) is 43.1 Å². The smallest absolute Gasteiger partial charge is 0.344 e. The van der Waals surface area contributed by atoms with Crippen LogP contribution in [0.4, 0.5) is 10.6 Å². The number of likely N-dealkylation sites (tertiary alicyclic amines) is 2. The summed E-state index contributed by atoms with van der Waals surface area (Å²) < 4.78 is 8.77. The number of carbonyl (C=O) groups is 1. The van der Waals surface area contributed by atoms with Crippen LogP contribution in [-0.2, 0) is 6.54 Å². The number of para-hydroxylation sites is 1. The molecule has 1 spiro atoms. The van der Waals surface area contributed by atoms with Crippen LogP contribution in [0.2, 0.25) is 0 Å². The maximum atomic E-state index is 13.1. The number of rotatable bonds is 6. The lowest BCUT2D eigenvalue weighted by atomic mass is 9.84. The third-order valence-corrected chi connectivity index (χ3v) is 8.71. The van der Waals surface area contributed by atoms with E-state index < -0.39 is 0 Å². The van der Waals surface area contributed by atoms with Crippen molar-refractivity contribution >= 4 is 33.4 Å². The molecule has 9 heteroatoms. The zero-order valence-corrected chi connectivity index (χ0v) is 23.3. The molecule has 2 aliphatic rings. The van der Waals surface area contributed by atoms with Crippen LogP contribution < -0.4 is 10.1 Å². The molecule has 4 aromatic rings. The summed E-state index contributed by atoms with van der Waals surface area (Å²) in [4.78, 5) is 22.3. The highest BCUT2D eigenvalue weighted by molar-refractivity contribution is 7.20. The number of piperidine rings is 1. The van der Waals surface area contributed by atoms with Crippen molar-refractivity contribution in [2.45, 2.75) is 51.6 Å².